The molecular formula is C36H57N7O10S. The van der Waals surface area contributed by atoms with Gasteiger partial charge in [-0.25, -0.2) is 22.7 Å². The fourth-order valence-electron chi connectivity index (χ4n) is 6.38. The number of carbonyl (C=O) groups excluding carboxylic acids is 5. The number of hydrogen-bond acceptors (Lipinski definition) is 11. The molecule has 54 heavy (non-hydrogen) atoms. The summed E-state index contributed by atoms with van der Waals surface area (Å²) < 4.78 is 45.8. The first-order valence-corrected chi connectivity index (χ1v) is 19.6. The number of esters is 1. The van der Waals surface area contributed by atoms with E-state index in [0.29, 0.717) is 48.2 Å². The molecule has 0 aromatic heterocycles. The van der Waals surface area contributed by atoms with Gasteiger partial charge >= 0.3 is 12.1 Å². The van der Waals surface area contributed by atoms with E-state index in [1.807, 2.05) is 13.8 Å². The molecule has 0 saturated carbocycles. The molecule has 1 aromatic carbocycles. The van der Waals surface area contributed by atoms with E-state index in [0.717, 1.165) is 12.7 Å². The molecule has 2 heterocycles. The molecular weight excluding hydrogens is 723 g/mol. The molecule has 1 saturated heterocycles. The highest BCUT2D eigenvalue weighted by molar-refractivity contribution is 7.90. The summed E-state index contributed by atoms with van der Waals surface area (Å²) in [5, 5.41) is 21.6. The van der Waals surface area contributed by atoms with Crippen LogP contribution in [-0.4, -0.2) is 93.7 Å². The number of hydrogen-bond donors (Lipinski definition) is 7. The van der Waals surface area contributed by atoms with Crippen molar-refractivity contribution in [1.82, 2.24) is 31.3 Å². The minimum absolute atomic E-state index is 0.0177. The standard InChI is InChI=1S/C36H57N7O10S/c1-20-21(2)29(22(3)23-19-36(7,8)52-28(20)23)54(49,50)43-33(37)39-18-12-14-24-30(45)41-26(32(47)51-9)15-16-27(44)38-17-11-10-13-25(31(46)40-24)42-34(48)53-35(4,5)6/h24-26H,10-19H2,1-9H3,(H,38,44)(H,40,46)(H,41,45)(H,42,48)(H3,37,39,43)/t24-,25-,26-/m0/s1. The second-order valence-corrected chi connectivity index (χ2v) is 16.9. The van der Waals surface area contributed by atoms with E-state index in [-0.39, 0.29) is 49.5 Å². The number of amides is 4. The number of nitrogens with one attached hydrogen (secondary N) is 7. The average Bonchev–Trinajstić information content (AvgIpc) is 3.39. The summed E-state index contributed by atoms with van der Waals surface area (Å²) in [6, 6.07) is -3.52. The van der Waals surface area contributed by atoms with Gasteiger partial charge in [0.25, 0.3) is 10.0 Å². The number of sulfonamides is 1. The van der Waals surface area contributed by atoms with E-state index in [2.05, 4.69) is 31.3 Å². The normalized spacial score (nSPS) is 21.1. The van der Waals surface area contributed by atoms with Gasteiger partial charge in [0, 0.05) is 31.5 Å². The lowest BCUT2D eigenvalue weighted by molar-refractivity contribution is -0.145. The molecule has 0 spiro atoms. The van der Waals surface area contributed by atoms with Crippen LogP contribution in [0.5, 0.6) is 5.75 Å². The Kier molecular flexibility index (Phi) is 14.7. The Labute approximate surface area is 317 Å². The van der Waals surface area contributed by atoms with Crippen molar-refractivity contribution < 1.29 is 46.6 Å². The van der Waals surface area contributed by atoms with Gasteiger partial charge in [0.2, 0.25) is 23.7 Å². The van der Waals surface area contributed by atoms with Crippen molar-refractivity contribution in [3.8, 4) is 5.75 Å². The van der Waals surface area contributed by atoms with E-state index >= 15 is 0 Å². The van der Waals surface area contributed by atoms with Crippen molar-refractivity contribution in [1.29, 1.82) is 5.41 Å². The molecule has 0 radical (unpaired) electrons. The van der Waals surface area contributed by atoms with Gasteiger partial charge in [-0.2, -0.15) is 0 Å². The summed E-state index contributed by atoms with van der Waals surface area (Å²) in [4.78, 5) is 64.9. The third-order valence-electron chi connectivity index (χ3n) is 9.11. The highest BCUT2D eigenvalue weighted by Crippen LogP contribution is 2.43. The van der Waals surface area contributed by atoms with Crippen molar-refractivity contribution in [2.24, 2.45) is 0 Å². The number of methoxy groups -OCH3 is 1. The number of fused-ring (bicyclic) bond motifs is 1. The maximum absolute atomic E-state index is 13.6. The Balaban J connectivity index is 1.76. The summed E-state index contributed by atoms with van der Waals surface area (Å²) in [7, 11) is -3.04. The summed E-state index contributed by atoms with van der Waals surface area (Å²) in [6.45, 7) is 14.4. The highest BCUT2D eigenvalue weighted by atomic mass is 32.2. The first-order valence-electron chi connectivity index (χ1n) is 18.2. The molecule has 3 atom stereocenters. The zero-order chi connectivity index (χ0) is 40.6. The largest absolute Gasteiger partial charge is 0.487 e. The van der Waals surface area contributed by atoms with E-state index in [4.69, 9.17) is 19.6 Å². The Morgan fingerprint density at radius 1 is 1.00 bits per heavy atom. The van der Waals surface area contributed by atoms with Crippen molar-refractivity contribution in [2.75, 3.05) is 20.2 Å². The van der Waals surface area contributed by atoms with Gasteiger partial charge in [-0.05, 0) is 111 Å². The molecule has 302 valence electrons. The Morgan fingerprint density at radius 3 is 2.33 bits per heavy atom. The quantitative estimate of drug-likeness (QED) is 0.0871. The molecule has 18 heteroatoms. The van der Waals surface area contributed by atoms with Gasteiger partial charge in [-0.3, -0.25) is 19.8 Å². The third kappa shape index (κ3) is 12.2. The average molecular weight is 780 g/mol. The molecule has 4 amide bonds. The van der Waals surface area contributed by atoms with Crippen LogP contribution in [0, 0.1) is 26.2 Å². The zero-order valence-corrected chi connectivity index (χ0v) is 33.6. The van der Waals surface area contributed by atoms with Crippen LogP contribution < -0.4 is 36.0 Å². The lowest BCUT2D eigenvalue weighted by Crippen LogP contribution is -2.56. The molecule has 7 N–H and O–H groups in total. The maximum atomic E-state index is 13.6. The van der Waals surface area contributed by atoms with Crippen LogP contribution in [0.15, 0.2) is 4.90 Å². The molecule has 0 unspecified atom stereocenters. The lowest BCUT2D eigenvalue weighted by Gasteiger charge is -2.26. The number of carbonyl (C=O) groups is 5. The second-order valence-electron chi connectivity index (χ2n) is 15.3. The predicted molar refractivity (Wildman–Crippen MR) is 199 cm³/mol. The zero-order valence-electron chi connectivity index (χ0n) is 32.8. The van der Waals surface area contributed by atoms with E-state index < -0.39 is 69.2 Å². The number of guanidine groups is 1. The Morgan fingerprint density at radius 2 is 1.69 bits per heavy atom. The minimum atomic E-state index is -4.19. The number of rotatable bonds is 8. The number of benzene rings is 1. The van der Waals surface area contributed by atoms with Crippen molar-refractivity contribution in [3.05, 3.63) is 22.3 Å². The highest BCUT2D eigenvalue weighted by Gasteiger charge is 2.37. The monoisotopic (exact) mass is 779 g/mol. The van der Waals surface area contributed by atoms with Crippen LogP contribution in [0.4, 0.5) is 4.79 Å². The molecule has 3 rings (SSSR count). The van der Waals surface area contributed by atoms with Gasteiger partial charge in [0.15, 0.2) is 0 Å². The summed E-state index contributed by atoms with van der Waals surface area (Å²) >= 11 is 0. The van der Waals surface area contributed by atoms with Crippen molar-refractivity contribution in [2.45, 2.75) is 141 Å². The van der Waals surface area contributed by atoms with Crippen LogP contribution in [0.3, 0.4) is 0 Å². The maximum Gasteiger partial charge on any atom is 0.408 e. The third-order valence-corrected chi connectivity index (χ3v) is 10.7. The van der Waals surface area contributed by atoms with E-state index in [1.54, 1.807) is 41.5 Å². The molecule has 2 aliphatic heterocycles. The van der Waals surface area contributed by atoms with Crippen LogP contribution in [-0.2, 0) is 45.1 Å². The Bertz CT molecular complexity index is 1720. The predicted octanol–water partition coefficient (Wildman–Crippen LogP) is 2.02. The molecule has 0 aliphatic carbocycles. The summed E-state index contributed by atoms with van der Waals surface area (Å²) in [6.07, 6.45) is 0.815. The second kappa shape index (κ2) is 18.1. The fourth-order valence-corrected chi connectivity index (χ4v) is 7.90. The summed E-state index contributed by atoms with van der Waals surface area (Å²) in [5.41, 5.74) is 1.26. The van der Waals surface area contributed by atoms with Crippen LogP contribution in [0.2, 0.25) is 0 Å². The van der Waals surface area contributed by atoms with Gasteiger partial charge in [-0.1, -0.05) is 0 Å². The van der Waals surface area contributed by atoms with Crippen molar-refractivity contribution in [3.63, 3.8) is 0 Å². The molecule has 17 nitrogen and oxygen atoms in total. The van der Waals surface area contributed by atoms with E-state index in [9.17, 15) is 32.4 Å². The molecule has 1 fully saturated rings. The lowest BCUT2D eigenvalue weighted by atomic mass is 9.94. The van der Waals surface area contributed by atoms with Crippen LogP contribution >= 0.6 is 0 Å². The summed E-state index contributed by atoms with van der Waals surface area (Å²) in [5.74, 6) is -2.34. The van der Waals surface area contributed by atoms with Gasteiger partial charge in [0.1, 0.15) is 35.1 Å². The number of alkyl carbamates (subject to hydrolysis) is 1. The van der Waals surface area contributed by atoms with E-state index in [1.165, 1.54) is 0 Å². The first-order chi connectivity index (χ1) is 25.0. The minimum Gasteiger partial charge on any atom is -0.487 e. The first kappa shape index (κ1) is 43.8. The topological polar surface area (TPSA) is 243 Å². The van der Waals surface area contributed by atoms with Gasteiger partial charge in [-0.15, -0.1) is 0 Å². The van der Waals surface area contributed by atoms with Gasteiger partial charge in [0.05, 0.1) is 12.0 Å². The van der Waals surface area contributed by atoms with Crippen LogP contribution in [0.25, 0.3) is 0 Å². The molecule has 0 bridgehead atoms. The van der Waals surface area contributed by atoms with Crippen molar-refractivity contribution >= 4 is 45.8 Å². The Hall–Kier alpha value is -4.61. The molecule has 2 aliphatic rings. The smallest absolute Gasteiger partial charge is 0.408 e. The number of ether oxygens (including phenoxy) is 3. The SMILES string of the molecule is COC(=O)[C@@H]1CCC(=O)NCCCC[C@H](NC(=O)OC(C)(C)C)C(=O)N[C@@H](CCCNC(=N)NS(=O)(=O)c2c(C)c(C)c3c(c2C)CC(C)(C)O3)C(=O)N1. The van der Waals surface area contributed by atoms with Gasteiger partial charge < -0.3 is 40.8 Å². The van der Waals surface area contributed by atoms with Crippen LogP contribution in [0.1, 0.15) is 102 Å². The molecule has 1 aromatic rings. The fraction of sp³-hybridized carbons (Fsp3) is 0.667.